The van der Waals surface area contributed by atoms with Crippen molar-refractivity contribution in [1.29, 1.82) is 0 Å². The fourth-order valence-corrected chi connectivity index (χ4v) is 2.28. The second-order valence-corrected chi connectivity index (χ2v) is 5.23. The van der Waals surface area contributed by atoms with E-state index in [2.05, 4.69) is 34.3 Å². The highest BCUT2D eigenvalue weighted by Crippen LogP contribution is 2.21. The topological polar surface area (TPSA) is 26.2 Å². The highest BCUT2D eigenvalue weighted by atomic mass is 35.5. The molecule has 0 saturated heterocycles. The number of methoxy groups -OCH3 is 1. The third kappa shape index (κ3) is 3.85. The first-order chi connectivity index (χ1) is 9.72. The molecule has 0 aliphatic rings. The zero-order valence-electron chi connectivity index (χ0n) is 12.0. The predicted octanol–water partition coefficient (Wildman–Crippen LogP) is 3.57. The molecular formula is C16H21ClN2O. The van der Waals surface area contributed by atoms with Gasteiger partial charge < -0.3 is 14.6 Å². The van der Waals surface area contributed by atoms with Crippen molar-refractivity contribution in [3.63, 3.8) is 0 Å². The Morgan fingerprint density at radius 1 is 1.30 bits per heavy atom. The van der Waals surface area contributed by atoms with Crippen LogP contribution in [0.3, 0.4) is 0 Å². The summed E-state index contributed by atoms with van der Waals surface area (Å²) in [5, 5.41) is 4.23. The number of halogens is 1. The molecule has 0 fully saturated rings. The molecule has 0 bridgehead atoms. The summed E-state index contributed by atoms with van der Waals surface area (Å²) in [6.45, 7) is 4.59. The molecular weight excluding hydrogens is 272 g/mol. The minimum Gasteiger partial charge on any atom is -0.385 e. The molecule has 0 radical (unpaired) electrons. The van der Waals surface area contributed by atoms with E-state index in [0.29, 0.717) is 0 Å². The van der Waals surface area contributed by atoms with Crippen LogP contribution in [0.4, 0.5) is 0 Å². The molecule has 2 rings (SSSR count). The van der Waals surface area contributed by atoms with Crippen LogP contribution in [0.5, 0.6) is 0 Å². The van der Waals surface area contributed by atoms with E-state index in [1.165, 1.54) is 5.69 Å². The average molecular weight is 293 g/mol. The molecule has 3 nitrogen and oxygen atoms in total. The zero-order valence-corrected chi connectivity index (χ0v) is 12.8. The molecule has 1 aromatic heterocycles. The average Bonchev–Trinajstić information content (AvgIpc) is 2.90. The van der Waals surface area contributed by atoms with Gasteiger partial charge in [0.15, 0.2) is 0 Å². The summed E-state index contributed by atoms with van der Waals surface area (Å²) in [6.07, 6.45) is 3.08. The van der Waals surface area contributed by atoms with E-state index >= 15 is 0 Å². The predicted molar refractivity (Wildman–Crippen MR) is 83.7 cm³/mol. The van der Waals surface area contributed by atoms with Gasteiger partial charge in [0.2, 0.25) is 0 Å². The first-order valence-electron chi connectivity index (χ1n) is 6.85. The lowest BCUT2D eigenvalue weighted by atomic mass is 10.2. The Morgan fingerprint density at radius 2 is 2.15 bits per heavy atom. The Labute approximate surface area is 125 Å². The summed E-state index contributed by atoms with van der Waals surface area (Å²) in [6, 6.07) is 10.3. The second-order valence-electron chi connectivity index (χ2n) is 4.83. The van der Waals surface area contributed by atoms with Gasteiger partial charge in [0.05, 0.1) is 0 Å². The number of aryl methyl sites for hydroxylation is 1. The van der Waals surface area contributed by atoms with Crippen LogP contribution in [-0.4, -0.2) is 24.8 Å². The molecule has 0 atom stereocenters. The smallest absolute Gasteiger partial charge is 0.0474 e. The number of rotatable bonds is 7. The van der Waals surface area contributed by atoms with Crippen molar-refractivity contribution in [2.45, 2.75) is 19.9 Å². The Morgan fingerprint density at radius 3 is 2.90 bits per heavy atom. The van der Waals surface area contributed by atoms with Crippen molar-refractivity contribution in [2.75, 3.05) is 20.3 Å². The molecule has 1 aromatic carbocycles. The van der Waals surface area contributed by atoms with Crippen LogP contribution in [0.25, 0.3) is 5.69 Å². The van der Waals surface area contributed by atoms with E-state index in [0.717, 1.165) is 42.4 Å². The minimum absolute atomic E-state index is 0.793. The Bertz CT molecular complexity index is 551. The highest BCUT2D eigenvalue weighted by Gasteiger charge is 2.04. The Hall–Kier alpha value is -1.29. The number of aromatic nitrogens is 1. The maximum absolute atomic E-state index is 6.20. The van der Waals surface area contributed by atoms with E-state index in [4.69, 9.17) is 16.3 Å². The number of hydrogen-bond acceptors (Lipinski definition) is 2. The quantitative estimate of drug-likeness (QED) is 0.790. The van der Waals surface area contributed by atoms with Gasteiger partial charge in [-0.3, -0.25) is 0 Å². The van der Waals surface area contributed by atoms with Gasteiger partial charge in [-0.25, -0.2) is 0 Å². The van der Waals surface area contributed by atoms with Crippen LogP contribution in [0.2, 0.25) is 5.02 Å². The van der Waals surface area contributed by atoms with E-state index in [1.54, 1.807) is 7.11 Å². The summed E-state index contributed by atoms with van der Waals surface area (Å²) in [5.74, 6) is 0. The number of nitrogens with zero attached hydrogens (tertiary/aromatic N) is 1. The third-order valence-electron chi connectivity index (χ3n) is 3.27. The lowest BCUT2D eigenvalue weighted by Crippen LogP contribution is -2.18. The summed E-state index contributed by atoms with van der Waals surface area (Å²) >= 11 is 6.20. The molecule has 2 aromatic rings. The van der Waals surface area contributed by atoms with Crippen LogP contribution in [-0.2, 0) is 11.3 Å². The largest absolute Gasteiger partial charge is 0.385 e. The van der Waals surface area contributed by atoms with Gasteiger partial charge in [0.25, 0.3) is 0 Å². The monoisotopic (exact) mass is 292 g/mol. The van der Waals surface area contributed by atoms with Crippen LogP contribution in [0.1, 0.15) is 17.7 Å². The van der Waals surface area contributed by atoms with Crippen molar-refractivity contribution in [1.82, 2.24) is 9.88 Å². The maximum Gasteiger partial charge on any atom is 0.0474 e. The molecule has 4 heteroatoms. The fraction of sp³-hybridized carbons (Fsp3) is 0.375. The zero-order chi connectivity index (χ0) is 14.4. The third-order valence-corrected chi connectivity index (χ3v) is 3.68. The molecule has 0 amide bonds. The van der Waals surface area contributed by atoms with Crippen molar-refractivity contribution >= 4 is 11.6 Å². The van der Waals surface area contributed by atoms with Gasteiger partial charge in [-0.2, -0.15) is 0 Å². The molecule has 1 N–H and O–H groups in total. The lowest BCUT2D eigenvalue weighted by molar-refractivity contribution is 0.194. The normalized spacial score (nSPS) is 10.9. The Balaban J connectivity index is 2.02. The number of nitrogens with one attached hydrogen (secondary N) is 1. The van der Waals surface area contributed by atoms with Crippen LogP contribution in [0, 0.1) is 6.92 Å². The first-order valence-corrected chi connectivity index (χ1v) is 7.22. The van der Waals surface area contributed by atoms with E-state index < -0.39 is 0 Å². The highest BCUT2D eigenvalue weighted by molar-refractivity contribution is 6.31. The lowest BCUT2D eigenvalue weighted by Gasteiger charge is -2.11. The maximum atomic E-state index is 6.20. The summed E-state index contributed by atoms with van der Waals surface area (Å²) in [7, 11) is 1.73. The van der Waals surface area contributed by atoms with Gasteiger partial charge in [-0.05, 0) is 49.7 Å². The van der Waals surface area contributed by atoms with Gasteiger partial charge in [-0.1, -0.05) is 17.7 Å². The number of hydrogen-bond donors (Lipinski definition) is 1. The van der Waals surface area contributed by atoms with Gasteiger partial charge >= 0.3 is 0 Å². The van der Waals surface area contributed by atoms with E-state index in [9.17, 15) is 0 Å². The molecule has 0 aliphatic heterocycles. The number of ether oxygens (including phenoxy) is 1. The van der Waals surface area contributed by atoms with E-state index in [-0.39, 0.29) is 0 Å². The van der Waals surface area contributed by atoms with Crippen LogP contribution in [0.15, 0.2) is 36.5 Å². The molecule has 0 unspecified atom stereocenters. The molecule has 0 aliphatic carbocycles. The second kappa shape index (κ2) is 7.48. The van der Waals surface area contributed by atoms with Crippen LogP contribution < -0.4 is 5.32 Å². The summed E-state index contributed by atoms with van der Waals surface area (Å²) in [5.41, 5.74) is 3.42. The minimum atomic E-state index is 0.793. The molecule has 0 saturated carbocycles. The number of benzene rings is 1. The van der Waals surface area contributed by atoms with E-state index in [1.807, 2.05) is 19.1 Å². The SMILES string of the molecule is COCCCNCc1cccn1-c1ccc(C)c(Cl)c1. The van der Waals surface area contributed by atoms with Crippen molar-refractivity contribution in [3.8, 4) is 5.69 Å². The molecule has 20 heavy (non-hydrogen) atoms. The summed E-state index contributed by atoms with van der Waals surface area (Å²) < 4.78 is 7.20. The van der Waals surface area contributed by atoms with Crippen molar-refractivity contribution < 1.29 is 4.74 Å². The Kier molecular flexibility index (Phi) is 5.65. The van der Waals surface area contributed by atoms with Crippen LogP contribution >= 0.6 is 11.6 Å². The van der Waals surface area contributed by atoms with Gasteiger partial charge in [0, 0.05) is 42.9 Å². The van der Waals surface area contributed by atoms with Gasteiger partial charge in [-0.15, -0.1) is 0 Å². The molecule has 108 valence electrons. The summed E-state index contributed by atoms with van der Waals surface area (Å²) in [4.78, 5) is 0. The first kappa shape index (κ1) is 15.1. The van der Waals surface area contributed by atoms with Crippen molar-refractivity contribution in [3.05, 3.63) is 52.8 Å². The molecule has 1 heterocycles. The standard InChI is InChI=1S/C16H21ClN2O/c1-13-6-7-14(11-16(13)17)19-9-3-5-15(19)12-18-8-4-10-20-2/h3,5-7,9,11,18H,4,8,10,12H2,1-2H3. The van der Waals surface area contributed by atoms with Gasteiger partial charge in [0.1, 0.15) is 0 Å². The molecule has 0 spiro atoms. The fourth-order valence-electron chi connectivity index (χ4n) is 2.10. The van der Waals surface area contributed by atoms with Crippen molar-refractivity contribution in [2.24, 2.45) is 0 Å².